The van der Waals surface area contributed by atoms with Gasteiger partial charge in [0, 0.05) is 24.8 Å². The van der Waals surface area contributed by atoms with E-state index in [1.54, 1.807) is 0 Å². The number of hydrogen-bond donors (Lipinski definition) is 2. The van der Waals surface area contributed by atoms with Gasteiger partial charge in [-0.2, -0.15) is 5.10 Å². The van der Waals surface area contributed by atoms with Crippen molar-refractivity contribution in [2.45, 2.75) is 24.2 Å². The van der Waals surface area contributed by atoms with Gasteiger partial charge in [0.05, 0.1) is 4.92 Å². The molecule has 2 rings (SSSR count). The van der Waals surface area contributed by atoms with E-state index in [0.29, 0.717) is 0 Å². The molecule has 0 bridgehead atoms. The average molecular weight is 232 g/mol. The number of aromatic amines is 1. The Labute approximate surface area is 89.0 Å². The molecule has 1 fully saturated rings. The number of nitrogens with two attached hydrogens (primary N) is 1. The Morgan fingerprint density at radius 1 is 1.62 bits per heavy atom. The van der Waals surface area contributed by atoms with Crippen molar-refractivity contribution < 1.29 is 13.7 Å². The predicted molar refractivity (Wildman–Crippen MR) is 50.2 cm³/mol. The van der Waals surface area contributed by atoms with Gasteiger partial charge >= 0.3 is 5.69 Å². The van der Waals surface area contributed by atoms with Crippen molar-refractivity contribution in [1.29, 1.82) is 0 Å². The van der Waals surface area contributed by atoms with Crippen LogP contribution < -0.4 is 5.73 Å². The highest BCUT2D eigenvalue weighted by molar-refractivity contribution is 5.41. The van der Waals surface area contributed by atoms with Crippen molar-refractivity contribution in [2.75, 3.05) is 6.54 Å². The molecule has 8 heteroatoms. The second-order valence-corrected chi connectivity index (χ2v) is 4.08. The number of nitrogens with zero attached hydrogens (tertiary/aromatic N) is 2. The van der Waals surface area contributed by atoms with E-state index in [4.69, 9.17) is 5.73 Å². The van der Waals surface area contributed by atoms with E-state index in [-0.39, 0.29) is 17.9 Å². The third-order valence-corrected chi connectivity index (χ3v) is 2.93. The molecule has 0 unspecified atom stereocenters. The van der Waals surface area contributed by atoms with Crippen LogP contribution in [0.3, 0.4) is 0 Å². The first-order valence-electron chi connectivity index (χ1n) is 4.66. The molecule has 3 N–H and O–H groups in total. The summed E-state index contributed by atoms with van der Waals surface area (Å²) in [6.45, 7) is -0.0639. The third kappa shape index (κ3) is 1.45. The van der Waals surface area contributed by atoms with Gasteiger partial charge < -0.3 is 5.73 Å². The molecule has 0 spiro atoms. The maximum absolute atomic E-state index is 12.9. The van der Waals surface area contributed by atoms with Gasteiger partial charge in [0.1, 0.15) is 11.9 Å². The Bertz CT molecular complexity index is 423. The lowest BCUT2D eigenvalue weighted by Crippen LogP contribution is -2.54. The number of nitrogens with one attached hydrogen (secondary N) is 1. The summed E-state index contributed by atoms with van der Waals surface area (Å²) in [5, 5.41) is 16.6. The van der Waals surface area contributed by atoms with E-state index in [2.05, 4.69) is 10.2 Å². The number of alkyl halides is 2. The second-order valence-electron chi connectivity index (χ2n) is 4.08. The van der Waals surface area contributed by atoms with E-state index in [9.17, 15) is 18.9 Å². The number of nitro groups is 1. The van der Waals surface area contributed by atoms with Crippen molar-refractivity contribution >= 4 is 5.69 Å². The standard InChI is InChI=1S/C8H10F2N4O2/c9-8(10)2-7(3-8,4-11)6-5(14(15)16)1-12-13-6/h1H,2-4,11H2,(H,12,13). The summed E-state index contributed by atoms with van der Waals surface area (Å²) in [6.07, 6.45) is 0.0717. The lowest BCUT2D eigenvalue weighted by atomic mass is 9.64. The summed E-state index contributed by atoms with van der Waals surface area (Å²) < 4.78 is 25.8. The summed E-state index contributed by atoms with van der Waals surface area (Å²) in [5.74, 6) is -2.79. The molecule has 0 saturated heterocycles. The number of rotatable bonds is 3. The summed E-state index contributed by atoms with van der Waals surface area (Å²) >= 11 is 0. The lowest BCUT2D eigenvalue weighted by Gasteiger charge is -2.45. The molecule has 1 aliphatic rings. The van der Waals surface area contributed by atoms with Crippen molar-refractivity contribution in [3.05, 3.63) is 22.0 Å². The van der Waals surface area contributed by atoms with Crippen LogP contribution in [0.15, 0.2) is 6.20 Å². The van der Waals surface area contributed by atoms with E-state index in [0.717, 1.165) is 6.20 Å². The summed E-state index contributed by atoms with van der Waals surface area (Å²) in [4.78, 5) is 10.0. The Hall–Kier alpha value is -1.57. The van der Waals surface area contributed by atoms with Crippen LogP contribution in [-0.4, -0.2) is 27.6 Å². The van der Waals surface area contributed by atoms with E-state index >= 15 is 0 Å². The number of hydrogen-bond acceptors (Lipinski definition) is 4. The normalized spacial score (nSPS) is 21.4. The Morgan fingerprint density at radius 3 is 2.69 bits per heavy atom. The molecule has 0 aromatic carbocycles. The molecule has 1 aromatic rings. The molecule has 1 heterocycles. The molecule has 0 aliphatic heterocycles. The summed E-state index contributed by atoms with van der Waals surface area (Å²) in [6, 6.07) is 0. The minimum atomic E-state index is -2.79. The van der Waals surface area contributed by atoms with Gasteiger partial charge in [0.25, 0.3) is 0 Å². The van der Waals surface area contributed by atoms with Crippen molar-refractivity contribution in [3.8, 4) is 0 Å². The molecule has 88 valence electrons. The summed E-state index contributed by atoms with van der Waals surface area (Å²) in [7, 11) is 0. The van der Waals surface area contributed by atoms with Gasteiger partial charge in [-0.3, -0.25) is 15.2 Å². The fourth-order valence-corrected chi connectivity index (χ4v) is 2.17. The number of aromatic nitrogens is 2. The quantitative estimate of drug-likeness (QED) is 0.598. The number of halogens is 2. The van der Waals surface area contributed by atoms with Crippen molar-refractivity contribution in [2.24, 2.45) is 5.73 Å². The van der Waals surface area contributed by atoms with Crippen molar-refractivity contribution in [3.63, 3.8) is 0 Å². The van der Waals surface area contributed by atoms with Gasteiger partial charge in [0.15, 0.2) is 0 Å². The van der Waals surface area contributed by atoms with Crippen LogP contribution in [0.1, 0.15) is 18.5 Å². The third-order valence-electron chi connectivity index (χ3n) is 2.93. The minimum absolute atomic E-state index is 0.0639. The zero-order valence-electron chi connectivity index (χ0n) is 8.24. The SMILES string of the molecule is NCC1(c2[nH]ncc2[N+](=O)[O-])CC(F)(F)C1. The van der Waals surface area contributed by atoms with Crippen LogP contribution in [0, 0.1) is 10.1 Å². The highest BCUT2D eigenvalue weighted by Gasteiger charge is 2.59. The molecular formula is C8H10F2N4O2. The first-order valence-corrected chi connectivity index (χ1v) is 4.66. The highest BCUT2D eigenvalue weighted by Crippen LogP contribution is 2.53. The van der Waals surface area contributed by atoms with Crippen LogP contribution in [0.5, 0.6) is 0 Å². The molecule has 0 amide bonds. The van der Waals surface area contributed by atoms with Gasteiger partial charge in [0.2, 0.25) is 5.92 Å². The van der Waals surface area contributed by atoms with E-state index in [1.165, 1.54) is 0 Å². The van der Waals surface area contributed by atoms with Gasteiger partial charge in [-0.05, 0) is 0 Å². The first kappa shape index (κ1) is 10.9. The maximum Gasteiger partial charge on any atom is 0.310 e. The lowest BCUT2D eigenvalue weighted by molar-refractivity contribution is -0.386. The molecule has 6 nitrogen and oxygen atoms in total. The Balaban J connectivity index is 2.36. The summed E-state index contributed by atoms with van der Waals surface area (Å²) in [5.41, 5.74) is 4.23. The fraction of sp³-hybridized carbons (Fsp3) is 0.625. The van der Waals surface area contributed by atoms with Crippen molar-refractivity contribution in [1.82, 2.24) is 10.2 Å². The predicted octanol–water partition coefficient (Wildman–Crippen LogP) is 0.944. The molecule has 1 aliphatic carbocycles. The molecular weight excluding hydrogens is 222 g/mol. The second kappa shape index (κ2) is 3.21. The highest BCUT2D eigenvalue weighted by atomic mass is 19.3. The zero-order valence-corrected chi connectivity index (χ0v) is 8.24. The van der Waals surface area contributed by atoms with Crippen LogP contribution >= 0.6 is 0 Å². The van der Waals surface area contributed by atoms with E-state index in [1.807, 2.05) is 0 Å². The van der Waals surface area contributed by atoms with Gasteiger partial charge in [-0.15, -0.1) is 0 Å². The smallest absolute Gasteiger partial charge is 0.310 e. The number of H-pyrrole nitrogens is 1. The zero-order chi connectivity index (χ0) is 12.0. The van der Waals surface area contributed by atoms with Gasteiger partial charge in [-0.1, -0.05) is 0 Å². The minimum Gasteiger partial charge on any atom is -0.330 e. The molecule has 16 heavy (non-hydrogen) atoms. The molecule has 0 atom stereocenters. The average Bonchev–Trinajstić information content (AvgIpc) is 2.61. The first-order chi connectivity index (χ1) is 7.40. The van der Waals surface area contributed by atoms with E-state index < -0.39 is 29.1 Å². The van der Waals surface area contributed by atoms with Crippen LogP contribution in [0.4, 0.5) is 14.5 Å². The van der Waals surface area contributed by atoms with Crippen LogP contribution in [-0.2, 0) is 5.41 Å². The molecule has 1 aromatic heterocycles. The maximum atomic E-state index is 12.9. The fourth-order valence-electron chi connectivity index (χ4n) is 2.17. The molecule has 0 radical (unpaired) electrons. The van der Waals surface area contributed by atoms with Crippen LogP contribution in [0.25, 0.3) is 0 Å². The molecule has 1 saturated carbocycles. The Kier molecular flexibility index (Phi) is 2.19. The Morgan fingerprint density at radius 2 is 2.25 bits per heavy atom. The largest absolute Gasteiger partial charge is 0.330 e. The van der Waals surface area contributed by atoms with Crippen LogP contribution in [0.2, 0.25) is 0 Å². The topological polar surface area (TPSA) is 97.8 Å². The van der Waals surface area contributed by atoms with Gasteiger partial charge in [-0.25, -0.2) is 8.78 Å². The monoisotopic (exact) mass is 232 g/mol.